The first-order valence-corrected chi connectivity index (χ1v) is 9.13. The zero-order valence-corrected chi connectivity index (χ0v) is 15.2. The van der Waals surface area contributed by atoms with Gasteiger partial charge in [-0.05, 0) is 17.6 Å². The van der Waals surface area contributed by atoms with Crippen LogP contribution >= 0.6 is 11.3 Å². The Labute approximate surface area is 142 Å². The van der Waals surface area contributed by atoms with Gasteiger partial charge in [-0.15, -0.1) is 0 Å². The van der Waals surface area contributed by atoms with Crippen LogP contribution < -0.4 is 15.2 Å². The highest BCUT2D eigenvalue weighted by atomic mass is 32.1. The van der Waals surface area contributed by atoms with E-state index >= 15 is 0 Å². The van der Waals surface area contributed by atoms with E-state index in [-0.39, 0.29) is 0 Å². The fraction of sp³-hybridized carbons (Fsp3) is 0.588. The molecule has 2 rings (SSSR count). The molecule has 0 bridgehead atoms. The number of nitrogens with zero attached hydrogens (tertiary/aromatic N) is 3. The number of nitrogens with two attached hydrogens (primary N) is 1. The van der Waals surface area contributed by atoms with Gasteiger partial charge in [-0.2, -0.15) is 5.53 Å². The van der Waals surface area contributed by atoms with Gasteiger partial charge in [0.25, 0.3) is 0 Å². The number of hydrogen-bond acceptors (Lipinski definition) is 5. The van der Waals surface area contributed by atoms with Gasteiger partial charge >= 0.3 is 0 Å². The molecule has 0 saturated carbocycles. The van der Waals surface area contributed by atoms with Crippen LogP contribution in [-0.2, 0) is 0 Å². The SMILES string of the molecule is CCCCCCCCOc1cc2nc(N(C)C)sc2cc1N=[NH2+]. The number of thiazole rings is 1. The number of ether oxygens (including phenoxy) is 1. The minimum atomic E-state index is 0.692. The summed E-state index contributed by atoms with van der Waals surface area (Å²) in [6.07, 6.45) is 7.47. The lowest BCUT2D eigenvalue weighted by Gasteiger charge is -2.07. The predicted octanol–water partition coefficient (Wildman–Crippen LogP) is 3.94. The quantitative estimate of drug-likeness (QED) is 0.528. The number of benzene rings is 1. The van der Waals surface area contributed by atoms with Gasteiger partial charge < -0.3 is 9.64 Å². The van der Waals surface area contributed by atoms with Gasteiger partial charge in [0, 0.05) is 20.2 Å². The second kappa shape index (κ2) is 8.82. The Morgan fingerprint density at radius 2 is 1.91 bits per heavy atom. The van der Waals surface area contributed by atoms with E-state index in [1.165, 1.54) is 32.1 Å². The van der Waals surface area contributed by atoms with Crippen LogP contribution in [0.1, 0.15) is 45.4 Å². The molecule has 0 saturated heterocycles. The van der Waals surface area contributed by atoms with Crippen LogP contribution in [-0.4, -0.2) is 25.7 Å². The second-order valence-electron chi connectivity index (χ2n) is 5.92. The first-order chi connectivity index (χ1) is 11.2. The summed E-state index contributed by atoms with van der Waals surface area (Å²) in [6.45, 7) is 2.93. The molecule has 0 aliphatic carbocycles. The summed E-state index contributed by atoms with van der Waals surface area (Å²) in [7, 11) is 3.98. The Morgan fingerprint density at radius 1 is 1.17 bits per heavy atom. The van der Waals surface area contributed by atoms with Gasteiger partial charge in [-0.1, -0.05) is 50.4 Å². The first-order valence-electron chi connectivity index (χ1n) is 8.31. The van der Waals surface area contributed by atoms with E-state index in [0.29, 0.717) is 12.3 Å². The molecular weight excluding hydrogens is 308 g/mol. The zero-order chi connectivity index (χ0) is 16.7. The Balaban J connectivity index is 1.97. The van der Waals surface area contributed by atoms with E-state index in [4.69, 9.17) is 10.3 Å². The lowest BCUT2D eigenvalue weighted by Crippen LogP contribution is -2.22. The van der Waals surface area contributed by atoms with E-state index < -0.39 is 0 Å². The monoisotopic (exact) mass is 335 g/mol. The van der Waals surface area contributed by atoms with Crippen LogP contribution in [0.25, 0.3) is 10.2 Å². The van der Waals surface area contributed by atoms with E-state index in [1.807, 2.05) is 31.1 Å². The molecule has 6 heteroatoms. The summed E-state index contributed by atoms with van der Waals surface area (Å²) < 4.78 is 6.96. The average Bonchev–Trinajstić information content (AvgIpc) is 2.96. The normalized spacial score (nSPS) is 10.9. The van der Waals surface area contributed by atoms with Crippen molar-refractivity contribution in [1.29, 1.82) is 0 Å². The number of fused-ring (bicyclic) bond motifs is 1. The van der Waals surface area contributed by atoms with Gasteiger partial charge in [-0.3, -0.25) is 0 Å². The summed E-state index contributed by atoms with van der Waals surface area (Å²) in [4.78, 5) is 6.61. The van der Waals surface area contributed by atoms with Crippen LogP contribution in [0, 0.1) is 0 Å². The first kappa shape index (κ1) is 17.7. The van der Waals surface area contributed by atoms with Crippen molar-refractivity contribution in [2.24, 2.45) is 5.11 Å². The largest absolute Gasteiger partial charge is 0.491 e. The third-order valence-corrected chi connectivity index (χ3v) is 4.92. The van der Waals surface area contributed by atoms with Gasteiger partial charge in [0.15, 0.2) is 16.6 Å². The summed E-state index contributed by atoms with van der Waals surface area (Å²) in [5.41, 5.74) is 7.14. The van der Waals surface area contributed by atoms with Crippen LogP contribution in [0.15, 0.2) is 17.2 Å². The van der Waals surface area contributed by atoms with Crippen LogP contribution in [0.3, 0.4) is 0 Å². The fourth-order valence-electron chi connectivity index (χ4n) is 2.40. The topological polar surface area (TPSA) is 63.3 Å². The molecular formula is C17H27N4OS+. The van der Waals surface area contributed by atoms with Gasteiger partial charge in [-0.25, -0.2) is 4.98 Å². The number of aromatic nitrogens is 1. The number of hydrogen-bond donors (Lipinski definition) is 1. The molecule has 1 aromatic carbocycles. The molecule has 0 fully saturated rings. The minimum Gasteiger partial charge on any atom is -0.491 e. The van der Waals surface area contributed by atoms with E-state index in [2.05, 4.69) is 17.0 Å². The fourth-order valence-corrected chi connectivity index (χ4v) is 3.31. The molecule has 23 heavy (non-hydrogen) atoms. The highest BCUT2D eigenvalue weighted by Gasteiger charge is 2.12. The Morgan fingerprint density at radius 3 is 2.61 bits per heavy atom. The minimum absolute atomic E-state index is 0.692. The smallest absolute Gasteiger partial charge is 0.185 e. The molecule has 0 amide bonds. The number of anilines is 1. The van der Waals surface area contributed by atoms with E-state index in [1.54, 1.807) is 11.3 Å². The molecule has 2 aromatic rings. The summed E-state index contributed by atoms with van der Waals surface area (Å²) >= 11 is 1.63. The Kier molecular flexibility index (Phi) is 6.77. The van der Waals surface area contributed by atoms with Crippen molar-refractivity contribution in [3.63, 3.8) is 0 Å². The van der Waals surface area contributed by atoms with E-state index in [9.17, 15) is 0 Å². The van der Waals surface area contributed by atoms with Crippen molar-refractivity contribution in [2.75, 3.05) is 25.6 Å². The highest BCUT2D eigenvalue weighted by Crippen LogP contribution is 2.36. The lowest BCUT2D eigenvalue weighted by molar-refractivity contribution is -0.210. The van der Waals surface area contributed by atoms with Crippen molar-refractivity contribution < 1.29 is 10.3 Å². The van der Waals surface area contributed by atoms with Gasteiger partial charge in [0.2, 0.25) is 0 Å². The Hall–Kier alpha value is -1.69. The summed E-state index contributed by atoms with van der Waals surface area (Å²) in [5, 5.41) is 4.82. The van der Waals surface area contributed by atoms with Gasteiger partial charge in [0.05, 0.1) is 16.8 Å². The van der Waals surface area contributed by atoms with Crippen molar-refractivity contribution in [3.8, 4) is 5.75 Å². The molecule has 0 atom stereocenters. The molecule has 126 valence electrons. The van der Waals surface area contributed by atoms with E-state index in [0.717, 1.165) is 27.5 Å². The van der Waals surface area contributed by atoms with Crippen LogP contribution in [0.5, 0.6) is 5.75 Å². The van der Waals surface area contributed by atoms with Crippen LogP contribution in [0.4, 0.5) is 10.8 Å². The molecule has 0 spiro atoms. The number of rotatable bonds is 10. The molecule has 0 aliphatic heterocycles. The molecule has 1 heterocycles. The van der Waals surface area contributed by atoms with Crippen LogP contribution in [0.2, 0.25) is 0 Å². The lowest BCUT2D eigenvalue weighted by atomic mass is 10.1. The van der Waals surface area contributed by atoms with Crippen molar-refractivity contribution >= 4 is 32.4 Å². The maximum atomic E-state index is 5.89. The zero-order valence-electron chi connectivity index (χ0n) is 14.3. The summed E-state index contributed by atoms with van der Waals surface area (Å²) in [6, 6.07) is 3.90. The second-order valence-corrected chi connectivity index (χ2v) is 6.93. The third-order valence-electron chi connectivity index (χ3n) is 3.73. The number of unbranched alkanes of at least 4 members (excludes halogenated alkanes) is 5. The molecule has 0 aliphatic rings. The molecule has 0 unspecified atom stereocenters. The maximum Gasteiger partial charge on any atom is 0.185 e. The predicted molar refractivity (Wildman–Crippen MR) is 96.8 cm³/mol. The molecule has 0 radical (unpaired) electrons. The molecule has 1 aromatic heterocycles. The Bertz CT molecular complexity index is 639. The molecule has 2 N–H and O–H groups in total. The van der Waals surface area contributed by atoms with Crippen molar-refractivity contribution in [3.05, 3.63) is 12.1 Å². The maximum absolute atomic E-state index is 5.89. The highest BCUT2D eigenvalue weighted by molar-refractivity contribution is 7.22. The van der Waals surface area contributed by atoms with Crippen molar-refractivity contribution in [2.45, 2.75) is 45.4 Å². The van der Waals surface area contributed by atoms with Gasteiger partial charge in [0.1, 0.15) is 0 Å². The molecule has 5 nitrogen and oxygen atoms in total. The average molecular weight is 335 g/mol. The third kappa shape index (κ3) is 4.89. The van der Waals surface area contributed by atoms with Crippen molar-refractivity contribution in [1.82, 2.24) is 4.98 Å². The summed E-state index contributed by atoms with van der Waals surface area (Å²) in [5.74, 6) is 0.726. The standard InChI is InChI=1S/C17H26N4OS/c1-4-5-6-7-8-9-10-22-15-11-14-16(12-13(15)20-18)23-17(19-14)21(2)3/h11-12,18H,4-10H2,1-3H3/p+1.